The molecule has 1 atom stereocenters. The minimum atomic E-state index is -0.120. The number of nitrogens with two attached hydrogens (primary N) is 1. The van der Waals surface area contributed by atoms with E-state index in [1.807, 2.05) is 19.2 Å². The second-order valence-corrected chi connectivity index (χ2v) is 3.91. The molecule has 0 aromatic heterocycles. The van der Waals surface area contributed by atoms with Gasteiger partial charge in [0.2, 0.25) is 0 Å². The largest absolute Gasteiger partial charge is 0.329 e. The van der Waals surface area contributed by atoms with Crippen LogP contribution in [0.5, 0.6) is 0 Å². The van der Waals surface area contributed by atoms with Gasteiger partial charge >= 0.3 is 0 Å². The molecule has 0 amide bonds. The van der Waals surface area contributed by atoms with Crippen molar-refractivity contribution in [3.63, 3.8) is 0 Å². The van der Waals surface area contributed by atoms with Gasteiger partial charge in [-0.15, -0.1) is 0 Å². The van der Waals surface area contributed by atoms with Crippen LogP contribution >= 0.6 is 0 Å². The van der Waals surface area contributed by atoms with Gasteiger partial charge in [-0.3, -0.25) is 0 Å². The summed E-state index contributed by atoms with van der Waals surface area (Å²) in [5.41, 5.74) is 6.25. The van der Waals surface area contributed by atoms with Crippen molar-refractivity contribution in [1.29, 1.82) is 0 Å². The molecule has 0 bridgehead atoms. The van der Waals surface area contributed by atoms with Crippen molar-refractivity contribution in [2.75, 3.05) is 20.1 Å². The maximum absolute atomic E-state index is 13.4. The molecule has 2 N–H and O–H groups in total. The summed E-state index contributed by atoms with van der Waals surface area (Å²) < 4.78 is 13.4. The highest BCUT2D eigenvalue weighted by molar-refractivity contribution is 5.18. The van der Waals surface area contributed by atoms with Gasteiger partial charge in [0.05, 0.1) is 0 Å². The first-order chi connectivity index (χ1) is 7.15. The van der Waals surface area contributed by atoms with E-state index in [0.717, 1.165) is 18.5 Å². The van der Waals surface area contributed by atoms with E-state index in [-0.39, 0.29) is 5.82 Å². The first-order valence-electron chi connectivity index (χ1n) is 5.29. The lowest BCUT2D eigenvalue weighted by atomic mass is 10.1. The molecule has 84 valence electrons. The Hall–Kier alpha value is -0.930. The van der Waals surface area contributed by atoms with Crippen molar-refractivity contribution >= 4 is 0 Å². The highest BCUT2D eigenvalue weighted by Crippen LogP contribution is 2.11. The molecule has 2 nitrogen and oxygen atoms in total. The molecule has 1 aromatic carbocycles. The van der Waals surface area contributed by atoms with E-state index in [2.05, 4.69) is 11.8 Å². The number of nitrogens with zero attached hydrogens (tertiary/aromatic N) is 1. The van der Waals surface area contributed by atoms with Gasteiger partial charge in [-0.2, -0.15) is 0 Å². The molecule has 0 saturated carbocycles. The Morgan fingerprint density at radius 2 is 2.07 bits per heavy atom. The fraction of sp³-hybridized carbons (Fsp3) is 0.500. The molecule has 0 saturated heterocycles. The van der Waals surface area contributed by atoms with Gasteiger partial charge in [0.15, 0.2) is 0 Å². The van der Waals surface area contributed by atoms with Crippen molar-refractivity contribution in [2.24, 2.45) is 5.73 Å². The van der Waals surface area contributed by atoms with Crippen LogP contribution in [0.1, 0.15) is 12.5 Å². The van der Waals surface area contributed by atoms with Crippen LogP contribution in [-0.4, -0.2) is 31.1 Å². The highest BCUT2D eigenvalue weighted by atomic mass is 19.1. The summed E-state index contributed by atoms with van der Waals surface area (Å²) in [5, 5.41) is 0. The number of rotatable bonds is 5. The third kappa shape index (κ3) is 3.61. The number of hydrogen-bond donors (Lipinski definition) is 1. The summed E-state index contributed by atoms with van der Waals surface area (Å²) in [5.74, 6) is -0.120. The van der Waals surface area contributed by atoms with Crippen LogP contribution in [0.4, 0.5) is 4.39 Å². The maximum atomic E-state index is 13.4. The molecule has 1 rings (SSSR count). The molecule has 0 aliphatic carbocycles. The number of hydrogen-bond acceptors (Lipinski definition) is 2. The smallest absolute Gasteiger partial charge is 0.126 e. The van der Waals surface area contributed by atoms with E-state index in [1.165, 1.54) is 6.07 Å². The second kappa shape index (κ2) is 5.83. The van der Waals surface area contributed by atoms with Gasteiger partial charge in [-0.1, -0.05) is 18.2 Å². The van der Waals surface area contributed by atoms with E-state index < -0.39 is 0 Å². The van der Waals surface area contributed by atoms with Gasteiger partial charge < -0.3 is 10.6 Å². The normalized spacial score (nSPS) is 13.1. The molecule has 0 aliphatic heterocycles. The summed E-state index contributed by atoms with van der Waals surface area (Å²) in [6.45, 7) is 3.57. The molecule has 1 aromatic rings. The van der Waals surface area contributed by atoms with Crippen LogP contribution in [0, 0.1) is 5.82 Å². The van der Waals surface area contributed by atoms with Gasteiger partial charge in [0, 0.05) is 19.1 Å². The molecular weight excluding hydrogens is 191 g/mol. The summed E-state index contributed by atoms with van der Waals surface area (Å²) >= 11 is 0. The predicted molar refractivity (Wildman–Crippen MR) is 61.3 cm³/mol. The Balaban J connectivity index is 2.58. The number of halogens is 1. The minimum absolute atomic E-state index is 0.120. The summed E-state index contributed by atoms with van der Waals surface area (Å²) in [6.07, 6.45) is 0.725. The Bertz CT molecular complexity index is 301. The third-order valence-electron chi connectivity index (χ3n) is 2.71. The lowest BCUT2D eigenvalue weighted by molar-refractivity contribution is 0.262. The van der Waals surface area contributed by atoms with Crippen molar-refractivity contribution in [3.05, 3.63) is 35.6 Å². The average molecular weight is 210 g/mol. The molecule has 1 unspecified atom stereocenters. The first kappa shape index (κ1) is 12.1. The van der Waals surface area contributed by atoms with Crippen molar-refractivity contribution in [3.8, 4) is 0 Å². The van der Waals surface area contributed by atoms with Crippen molar-refractivity contribution in [1.82, 2.24) is 4.90 Å². The Morgan fingerprint density at radius 3 is 2.67 bits per heavy atom. The van der Waals surface area contributed by atoms with Gasteiger partial charge in [-0.25, -0.2) is 4.39 Å². The molecule has 0 fully saturated rings. The quantitative estimate of drug-likeness (QED) is 0.800. The van der Waals surface area contributed by atoms with E-state index in [1.54, 1.807) is 6.07 Å². The molecule has 0 aliphatic rings. The maximum Gasteiger partial charge on any atom is 0.126 e. The molecular formula is C12H19FN2. The number of benzene rings is 1. The Kier molecular flexibility index (Phi) is 4.72. The molecule has 15 heavy (non-hydrogen) atoms. The highest BCUT2D eigenvalue weighted by Gasteiger charge is 2.11. The van der Waals surface area contributed by atoms with Crippen LogP contribution in [0.25, 0.3) is 0 Å². The zero-order valence-corrected chi connectivity index (χ0v) is 9.41. The van der Waals surface area contributed by atoms with Crippen LogP contribution in [0.2, 0.25) is 0 Å². The average Bonchev–Trinajstić information content (AvgIpc) is 2.21. The SMILES string of the molecule is CC(Cc1ccccc1F)N(C)CCN. The van der Waals surface area contributed by atoms with Gasteiger partial charge in [0.25, 0.3) is 0 Å². The number of likely N-dealkylation sites (N-methyl/N-ethyl adjacent to an activating group) is 1. The fourth-order valence-corrected chi connectivity index (χ4v) is 1.56. The lowest BCUT2D eigenvalue weighted by Crippen LogP contribution is -2.35. The van der Waals surface area contributed by atoms with E-state index in [4.69, 9.17) is 5.73 Å². The van der Waals surface area contributed by atoms with Crippen LogP contribution < -0.4 is 5.73 Å². The molecule has 0 heterocycles. The molecule has 0 radical (unpaired) electrons. The zero-order chi connectivity index (χ0) is 11.3. The van der Waals surface area contributed by atoms with E-state index in [9.17, 15) is 4.39 Å². The predicted octanol–water partition coefficient (Wildman–Crippen LogP) is 1.65. The van der Waals surface area contributed by atoms with Crippen LogP contribution in [-0.2, 0) is 6.42 Å². The van der Waals surface area contributed by atoms with Crippen molar-refractivity contribution in [2.45, 2.75) is 19.4 Å². The second-order valence-electron chi connectivity index (χ2n) is 3.91. The minimum Gasteiger partial charge on any atom is -0.329 e. The Morgan fingerprint density at radius 1 is 1.40 bits per heavy atom. The lowest BCUT2D eigenvalue weighted by Gasteiger charge is -2.24. The van der Waals surface area contributed by atoms with Crippen molar-refractivity contribution < 1.29 is 4.39 Å². The summed E-state index contributed by atoms with van der Waals surface area (Å²) in [6, 6.07) is 7.24. The summed E-state index contributed by atoms with van der Waals surface area (Å²) in [7, 11) is 2.01. The third-order valence-corrected chi connectivity index (χ3v) is 2.71. The van der Waals surface area contributed by atoms with E-state index in [0.29, 0.717) is 12.6 Å². The van der Waals surface area contributed by atoms with Gasteiger partial charge in [0.1, 0.15) is 5.82 Å². The van der Waals surface area contributed by atoms with Crippen LogP contribution in [0.15, 0.2) is 24.3 Å². The monoisotopic (exact) mass is 210 g/mol. The van der Waals surface area contributed by atoms with Crippen LogP contribution in [0.3, 0.4) is 0 Å². The first-order valence-corrected chi connectivity index (χ1v) is 5.29. The molecule has 0 spiro atoms. The Labute approximate surface area is 90.9 Å². The topological polar surface area (TPSA) is 29.3 Å². The fourth-order valence-electron chi connectivity index (χ4n) is 1.56. The molecule has 3 heteroatoms. The standard InChI is InChI=1S/C12H19FN2/c1-10(15(2)8-7-14)9-11-5-3-4-6-12(11)13/h3-6,10H,7-9,14H2,1-2H3. The van der Waals surface area contributed by atoms with Gasteiger partial charge in [-0.05, 0) is 32.0 Å². The zero-order valence-electron chi connectivity index (χ0n) is 9.41. The van der Waals surface area contributed by atoms with E-state index >= 15 is 0 Å². The summed E-state index contributed by atoms with van der Waals surface area (Å²) in [4.78, 5) is 2.15.